The molecule has 0 fully saturated rings. The van der Waals surface area contributed by atoms with E-state index in [1.165, 1.54) is 7.11 Å². The number of carbonyl (C=O) groups excluding carboxylic acids is 1. The number of hydrogen-bond donors (Lipinski definition) is 0. The van der Waals surface area contributed by atoms with E-state index < -0.39 is 5.97 Å². The summed E-state index contributed by atoms with van der Waals surface area (Å²) in [5.41, 5.74) is 20.4. The Kier molecular flexibility index (Phi) is 10.5. The number of methoxy groups -OCH3 is 1. The van der Waals surface area contributed by atoms with E-state index in [0.717, 1.165) is 140 Å². The lowest BCUT2D eigenvalue weighted by Crippen LogP contribution is -2.16. The third-order valence-electron chi connectivity index (χ3n) is 14.4. The molecule has 9 aromatic carbocycles. The lowest BCUT2D eigenvalue weighted by Gasteiger charge is -2.29. The molecule has 0 spiro atoms. The highest BCUT2D eigenvalue weighted by atomic mass is 16.5. The number of rotatable bonds is 8. The molecule has 0 unspecified atom stereocenters. The number of ether oxygens (including phenoxy) is 1. The van der Waals surface area contributed by atoms with Gasteiger partial charge in [0.25, 0.3) is 0 Å². The SMILES string of the molecule is C#C/C(=C\C=C/C)C1=C(c2ccc3c(c2)-c2cc(-c4cccc5oc6ccccc6c45)ccc2-c2cc(-c4cccc5oc6ccccc6c45)ccc2N3c2ccc(-c3ccccc3)cc2C(=O)OC)C=CC1. The molecule has 2 aromatic heterocycles. The molecule has 0 atom stereocenters. The van der Waals surface area contributed by atoms with Gasteiger partial charge in [0.15, 0.2) is 0 Å². The Bertz CT molecular complexity index is 4260. The summed E-state index contributed by atoms with van der Waals surface area (Å²) in [6.45, 7) is 1.99. The number of benzene rings is 9. The summed E-state index contributed by atoms with van der Waals surface area (Å²) in [6.07, 6.45) is 17.3. The Morgan fingerprint density at radius 1 is 0.548 bits per heavy atom. The third-order valence-corrected chi connectivity index (χ3v) is 14.4. The maximum absolute atomic E-state index is 14.3. The van der Waals surface area contributed by atoms with Crippen molar-refractivity contribution in [3.63, 3.8) is 0 Å². The second-order valence-corrected chi connectivity index (χ2v) is 18.5. The van der Waals surface area contributed by atoms with Crippen LogP contribution in [0.3, 0.4) is 0 Å². The van der Waals surface area contributed by atoms with Crippen LogP contribution >= 0.6 is 0 Å². The highest BCUT2D eigenvalue weighted by molar-refractivity contribution is 6.16. The molecule has 0 bridgehead atoms. The zero-order valence-corrected chi connectivity index (χ0v) is 40.1. The molecule has 73 heavy (non-hydrogen) atoms. The van der Waals surface area contributed by atoms with Crippen molar-refractivity contribution >= 4 is 72.5 Å². The van der Waals surface area contributed by atoms with Crippen LogP contribution in [-0.2, 0) is 4.74 Å². The van der Waals surface area contributed by atoms with Gasteiger partial charge in [0.1, 0.15) is 22.3 Å². The Morgan fingerprint density at radius 3 is 1.77 bits per heavy atom. The van der Waals surface area contributed by atoms with E-state index in [1.54, 1.807) is 0 Å². The maximum Gasteiger partial charge on any atom is 0.340 e. The predicted octanol–water partition coefficient (Wildman–Crippen LogP) is 18.2. The molecule has 1 aliphatic heterocycles. The summed E-state index contributed by atoms with van der Waals surface area (Å²) in [5.74, 6) is 2.54. The van der Waals surface area contributed by atoms with Crippen molar-refractivity contribution < 1.29 is 18.4 Å². The normalized spacial score (nSPS) is 13.2. The monoisotopic (exact) mass is 939 g/mol. The van der Waals surface area contributed by atoms with Crippen LogP contribution in [0, 0.1) is 12.3 Å². The zero-order valence-electron chi connectivity index (χ0n) is 40.1. The molecule has 5 heteroatoms. The first-order chi connectivity index (χ1) is 36.0. The number of carbonyl (C=O) groups is 1. The Labute approximate surface area is 422 Å². The zero-order chi connectivity index (χ0) is 49.2. The molecule has 0 saturated carbocycles. The van der Waals surface area contributed by atoms with Crippen molar-refractivity contribution in [2.45, 2.75) is 13.3 Å². The summed E-state index contributed by atoms with van der Waals surface area (Å²) in [5, 5.41) is 4.23. The molecule has 1 aliphatic carbocycles. The molecular formula is C68H45NO4. The van der Waals surface area contributed by atoms with Gasteiger partial charge in [-0.15, -0.1) is 6.42 Å². The minimum absolute atomic E-state index is 0.435. The summed E-state index contributed by atoms with van der Waals surface area (Å²) in [7, 11) is 1.45. The van der Waals surface area contributed by atoms with Crippen molar-refractivity contribution in [1.29, 1.82) is 0 Å². The second-order valence-electron chi connectivity index (χ2n) is 18.5. The first-order valence-electron chi connectivity index (χ1n) is 24.5. The van der Waals surface area contributed by atoms with Gasteiger partial charge in [-0.2, -0.15) is 0 Å². The fourth-order valence-corrected chi connectivity index (χ4v) is 11.1. The first-order valence-corrected chi connectivity index (χ1v) is 24.5. The Balaban J connectivity index is 1.13. The Hall–Kier alpha value is -9.63. The van der Waals surface area contributed by atoms with E-state index in [0.29, 0.717) is 11.3 Å². The van der Waals surface area contributed by atoms with Crippen LogP contribution < -0.4 is 4.90 Å². The molecule has 2 aliphatic rings. The van der Waals surface area contributed by atoms with Crippen LogP contribution in [0.2, 0.25) is 0 Å². The van der Waals surface area contributed by atoms with Gasteiger partial charge in [-0.3, -0.25) is 0 Å². The number of fused-ring (bicyclic) bond motifs is 11. The standard InChI is InChI=1S/C68H45NO4/c1-4-6-17-42(5-2)48-22-14-23-49(48)45-32-36-60-57(40-45)55-39-46(50-24-15-28-64-66(50)53-20-10-12-26-62(53)72-64)30-34-52(55)56-41-47(51-25-16-29-65-67(51)54-21-11-13-27-63(54)73-65)33-37-59(56)69(60)61-35-31-44(38-58(61)68(70)71-3)43-18-8-7-9-19-43/h2,4,6-21,23-41H,22H2,1,3H3/b6-4-,42-17+. The molecule has 13 rings (SSSR count). The number of furan rings is 2. The molecule has 5 nitrogen and oxygen atoms in total. The molecular weight excluding hydrogens is 895 g/mol. The summed E-state index contributed by atoms with van der Waals surface area (Å²) < 4.78 is 18.5. The van der Waals surface area contributed by atoms with Crippen LogP contribution in [0.4, 0.5) is 17.1 Å². The molecule has 0 radical (unpaired) electrons. The van der Waals surface area contributed by atoms with Gasteiger partial charge in [-0.1, -0.05) is 152 Å². The van der Waals surface area contributed by atoms with Crippen molar-refractivity contribution in [3.05, 3.63) is 241 Å². The number of hydrogen-bond acceptors (Lipinski definition) is 5. The minimum Gasteiger partial charge on any atom is -0.465 e. The molecule has 0 saturated heterocycles. The average molecular weight is 940 g/mol. The van der Waals surface area contributed by atoms with Crippen molar-refractivity contribution in [2.24, 2.45) is 0 Å². The smallest absolute Gasteiger partial charge is 0.340 e. The van der Waals surface area contributed by atoms with Crippen LogP contribution in [0.5, 0.6) is 0 Å². The van der Waals surface area contributed by atoms with E-state index >= 15 is 0 Å². The van der Waals surface area contributed by atoms with Crippen molar-refractivity contribution in [1.82, 2.24) is 0 Å². The fraction of sp³-hybridized carbons (Fsp3) is 0.0441. The number of esters is 1. The van der Waals surface area contributed by atoms with Crippen molar-refractivity contribution in [2.75, 3.05) is 12.0 Å². The third kappa shape index (κ3) is 7.14. The van der Waals surface area contributed by atoms with Gasteiger partial charge in [0.05, 0.1) is 29.7 Å². The lowest BCUT2D eigenvalue weighted by molar-refractivity contribution is 0.0601. The van der Waals surface area contributed by atoms with Crippen LogP contribution in [0.25, 0.3) is 105 Å². The minimum atomic E-state index is -0.437. The van der Waals surface area contributed by atoms with Gasteiger partial charge in [-0.05, 0) is 147 Å². The first kappa shape index (κ1) is 43.4. The van der Waals surface area contributed by atoms with Gasteiger partial charge in [0, 0.05) is 38.2 Å². The van der Waals surface area contributed by atoms with Gasteiger partial charge in [-0.25, -0.2) is 4.79 Å². The van der Waals surface area contributed by atoms with Gasteiger partial charge >= 0.3 is 5.97 Å². The van der Waals surface area contributed by atoms with E-state index in [-0.39, 0.29) is 0 Å². The molecule has 11 aromatic rings. The van der Waals surface area contributed by atoms with E-state index in [1.807, 2.05) is 85.8 Å². The summed E-state index contributed by atoms with van der Waals surface area (Å²) >= 11 is 0. The predicted molar refractivity (Wildman–Crippen MR) is 300 cm³/mol. The number of allylic oxidation sites excluding steroid dienone is 8. The number of anilines is 3. The maximum atomic E-state index is 14.3. The van der Waals surface area contributed by atoms with Crippen LogP contribution in [0.1, 0.15) is 29.3 Å². The summed E-state index contributed by atoms with van der Waals surface area (Å²) in [4.78, 5) is 16.6. The van der Waals surface area contributed by atoms with Crippen LogP contribution in [-0.4, -0.2) is 13.1 Å². The van der Waals surface area contributed by atoms with E-state index in [9.17, 15) is 4.79 Å². The lowest BCUT2D eigenvalue weighted by atomic mass is 9.87. The molecule has 3 heterocycles. The topological polar surface area (TPSA) is 55.8 Å². The highest BCUT2D eigenvalue weighted by Crippen LogP contribution is 2.55. The fourth-order valence-electron chi connectivity index (χ4n) is 11.1. The Morgan fingerprint density at radius 2 is 1.11 bits per heavy atom. The number of terminal acetylenes is 1. The van der Waals surface area contributed by atoms with Crippen molar-refractivity contribution in [3.8, 4) is 68.0 Å². The largest absolute Gasteiger partial charge is 0.465 e. The van der Waals surface area contributed by atoms with Gasteiger partial charge in [0.2, 0.25) is 0 Å². The van der Waals surface area contributed by atoms with Gasteiger partial charge < -0.3 is 18.5 Å². The molecule has 346 valence electrons. The van der Waals surface area contributed by atoms with E-state index in [2.05, 4.69) is 150 Å². The average Bonchev–Trinajstić information content (AvgIpc) is 4.18. The number of nitrogens with zero attached hydrogens (tertiary/aromatic N) is 1. The van der Waals surface area contributed by atoms with E-state index in [4.69, 9.17) is 20.0 Å². The summed E-state index contributed by atoms with van der Waals surface area (Å²) in [6, 6.07) is 65.4. The highest BCUT2D eigenvalue weighted by Gasteiger charge is 2.31. The molecule has 0 N–H and O–H groups in total. The van der Waals surface area contributed by atoms with Crippen LogP contribution in [0.15, 0.2) is 238 Å². The second kappa shape index (κ2) is 17.6. The molecule has 0 amide bonds. The number of para-hydroxylation sites is 2. The quantitative estimate of drug-likeness (QED) is 0.0863.